The molecule has 0 radical (unpaired) electrons. The van der Waals surface area contributed by atoms with Crippen molar-refractivity contribution < 1.29 is 25.9 Å². The molecule has 1 heterocycles. The number of hydrogen-bond donors (Lipinski definition) is 0. The van der Waals surface area contributed by atoms with E-state index in [0.29, 0.717) is 35.5 Å². The summed E-state index contributed by atoms with van der Waals surface area (Å²) in [5.74, 6) is 1.36. The van der Waals surface area contributed by atoms with Crippen molar-refractivity contribution in [3.05, 3.63) is 11.3 Å². The van der Waals surface area contributed by atoms with Crippen molar-refractivity contribution in [1.82, 2.24) is 0 Å². The van der Waals surface area contributed by atoms with Gasteiger partial charge >= 0.3 is 5.97 Å². The van der Waals surface area contributed by atoms with E-state index in [4.69, 9.17) is 21.1 Å². The first-order valence-corrected chi connectivity index (χ1v) is 21.5. The van der Waals surface area contributed by atoms with Gasteiger partial charge < -0.3 is 18.3 Å². The summed E-state index contributed by atoms with van der Waals surface area (Å²) >= 11 is 0. The third kappa shape index (κ3) is 5.21. The SMILES string of the molecule is [2H]C1([2H])C[C@]2(C)C(=C(OC)C[C@@]3(C)[C@@H]4C[C@@H](C)C[C@@H](O[Si](CC)(CC)CC)[C@H]4C[C@H](O[Si](C)(C)C(C)(C)C)[C@@H]32)C(=O)O1. The molecular weight excluding hydrogens is 533 g/mol. The number of rotatable bonds is 8. The molecule has 0 amide bonds. The predicted molar refractivity (Wildman–Crippen MR) is 168 cm³/mol. The van der Waals surface area contributed by atoms with E-state index in [2.05, 4.69) is 75.4 Å². The van der Waals surface area contributed by atoms with Crippen LogP contribution in [0.5, 0.6) is 0 Å². The second-order valence-corrected chi connectivity index (χ2v) is 25.2. The number of carbonyl (C=O) groups excluding carboxylic acids is 1. The van der Waals surface area contributed by atoms with Crippen LogP contribution in [0.25, 0.3) is 0 Å². The standard InChI is InChI=1S/C33H60O5Si2/c1-13-40(14-2,15-3)38-25-19-22(4)18-24-23(25)20-26(37-39(11,12)31(5,6)7)29-32(8)16-17-36-30(34)28(32)27(35-10)21-33(24,29)9/h22-26,29H,13-21H2,1-12H3/t22-,23+,24-,25-,26+,29-,32-,33+/m1/s1/i17D2. The summed E-state index contributed by atoms with van der Waals surface area (Å²) < 4.78 is 43.6. The van der Waals surface area contributed by atoms with Crippen LogP contribution in [0.2, 0.25) is 36.3 Å². The monoisotopic (exact) mass is 594 g/mol. The Balaban J connectivity index is 1.92. The van der Waals surface area contributed by atoms with Gasteiger partial charge in [0, 0.05) is 24.0 Å². The maximum atomic E-state index is 13.5. The van der Waals surface area contributed by atoms with Gasteiger partial charge in [0.05, 0.1) is 22.0 Å². The van der Waals surface area contributed by atoms with Crippen LogP contribution < -0.4 is 0 Å². The van der Waals surface area contributed by atoms with Crippen molar-refractivity contribution in [2.45, 2.75) is 143 Å². The average Bonchev–Trinajstić information content (AvgIpc) is 2.85. The molecule has 1 aliphatic heterocycles. The topological polar surface area (TPSA) is 54.0 Å². The molecule has 0 spiro atoms. The zero-order valence-electron chi connectivity index (χ0n) is 29.7. The molecule has 7 heteroatoms. The summed E-state index contributed by atoms with van der Waals surface area (Å²) in [5.41, 5.74) is -0.463. The van der Waals surface area contributed by atoms with Crippen molar-refractivity contribution >= 4 is 22.6 Å². The first-order valence-electron chi connectivity index (χ1n) is 17.1. The van der Waals surface area contributed by atoms with Gasteiger partial charge in [-0.3, -0.25) is 0 Å². The van der Waals surface area contributed by atoms with Crippen molar-refractivity contribution in [2.24, 2.45) is 34.5 Å². The molecule has 5 nitrogen and oxygen atoms in total. The minimum absolute atomic E-state index is 0.0258. The quantitative estimate of drug-likeness (QED) is 0.208. The molecule has 0 unspecified atom stereocenters. The van der Waals surface area contributed by atoms with E-state index >= 15 is 0 Å². The van der Waals surface area contributed by atoms with Gasteiger partial charge in [0.1, 0.15) is 5.76 Å². The molecule has 4 rings (SSSR count). The van der Waals surface area contributed by atoms with Gasteiger partial charge in [0.25, 0.3) is 0 Å². The van der Waals surface area contributed by atoms with E-state index < -0.39 is 34.6 Å². The Labute approximate surface area is 250 Å². The van der Waals surface area contributed by atoms with Crippen molar-refractivity contribution in [2.75, 3.05) is 13.7 Å². The largest absolute Gasteiger partial charge is 0.501 e. The lowest BCUT2D eigenvalue weighted by Gasteiger charge is -2.66. The summed E-state index contributed by atoms with van der Waals surface area (Å²) in [6.45, 7) is 23.3. The highest BCUT2D eigenvalue weighted by molar-refractivity contribution is 6.74. The molecule has 0 aromatic heterocycles. The highest BCUT2D eigenvalue weighted by Gasteiger charge is 2.67. The third-order valence-corrected chi connectivity index (χ3v) is 21.6. The van der Waals surface area contributed by atoms with Crippen LogP contribution in [-0.4, -0.2) is 48.5 Å². The molecule has 230 valence electrons. The van der Waals surface area contributed by atoms with Gasteiger partial charge in [-0.15, -0.1) is 0 Å². The minimum atomic E-state index is -2.22. The smallest absolute Gasteiger partial charge is 0.337 e. The van der Waals surface area contributed by atoms with Gasteiger partial charge in [-0.05, 0) is 91.0 Å². The lowest BCUT2D eigenvalue weighted by atomic mass is 9.42. The van der Waals surface area contributed by atoms with Crippen molar-refractivity contribution in [1.29, 1.82) is 0 Å². The van der Waals surface area contributed by atoms with Crippen LogP contribution in [0.4, 0.5) is 0 Å². The molecular formula is C33H60O5Si2. The van der Waals surface area contributed by atoms with Crippen LogP contribution in [-0.2, 0) is 23.1 Å². The maximum absolute atomic E-state index is 13.5. The summed E-state index contributed by atoms with van der Waals surface area (Å²) in [6, 6.07) is 3.42. The number of esters is 1. The van der Waals surface area contributed by atoms with Crippen LogP contribution in [0, 0.1) is 34.5 Å². The average molecular weight is 595 g/mol. The van der Waals surface area contributed by atoms with E-state index in [9.17, 15) is 4.79 Å². The zero-order chi connectivity index (χ0) is 31.7. The molecule has 40 heavy (non-hydrogen) atoms. The van der Waals surface area contributed by atoms with E-state index in [-0.39, 0.29) is 35.0 Å². The second-order valence-electron chi connectivity index (χ2n) is 15.7. The molecule has 0 aromatic carbocycles. The Bertz CT molecular complexity index is 1060. The van der Waals surface area contributed by atoms with Crippen molar-refractivity contribution in [3.63, 3.8) is 0 Å². The first kappa shape index (κ1) is 29.4. The Morgan fingerprint density at radius 1 is 1.02 bits per heavy atom. The molecule has 0 bridgehead atoms. The Morgan fingerprint density at radius 2 is 1.65 bits per heavy atom. The molecule has 3 fully saturated rings. The van der Waals surface area contributed by atoms with Gasteiger partial charge in [-0.1, -0.05) is 62.3 Å². The molecule has 1 saturated heterocycles. The number of allylic oxidation sites excluding steroid dienone is 1. The lowest BCUT2D eigenvalue weighted by Crippen LogP contribution is -2.65. The lowest BCUT2D eigenvalue weighted by molar-refractivity contribution is -0.188. The number of fused-ring (bicyclic) bond motifs is 5. The maximum Gasteiger partial charge on any atom is 0.337 e. The summed E-state index contributed by atoms with van der Waals surface area (Å²) in [4.78, 5) is 13.5. The number of ether oxygens (including phenoxy) is 2. The molecule has 0 N–H and O–H groups in total. The van der Waals surface area contributed by atoms with E-state index in [1.165, 1.54) is 0 Å². The molecule has 0 aromatic rings. The third-order valence-electron chi connectivity index (χ3n) is 12.4. The number of hydrogen-bond acceptors (Lipinski definition) is 5. The van der Waals surface area contributed by atoms with Crippen molar-refractivity contribution in [3.8, 4) is 0 Å². The molecule has 3 aliphatic carbocycles. The summed E-state index contributed by atoms with van der Waals surface area (Å²) in [7, 11) is -2.40. The van der Waals surface area contributed by atoms with Crippen LogP contribution in [0.1, 0.15) is 97.2 Å². The summed E-state index contributed by atoms with van der Waals surface area (Å²) in [6.07, 6.45) is 3.98. The van der Waals surface area contributed by atoms with Crippen LogP contribution >= 0.6 is 0 Å². The highest BCUT2D eigenvalue weighted by Crippen LogP contribution is 2.68. The minimum Gasteiger partial charge on any atom is -0.501 e. The van der Waals surface area contributed by atoms with Crippen LogP contribution in [0.3, 0.4) is 0 Å². The summed E-state index contributed by atoms with van der Waals surface area (Å²) in [5, 5.41) is 0.0258. The fraction of sp³-hybridized carbons (Fsp3) is 0.909. The predicted octanol–water partition coefficient (Wildman–Crippen LogP) is 8.71. The number of cyclic esters (lactones) is 1. The first-order chi connectivity index (χ1) is 19.2. The zero-order valence-corrected chi connectivity index (χ0v) is 29.7. The van der Waals surface area contributed by atoms with E-state index in [1.54, 1.807) is 7.11 Å². The Kier molecular flexibility index (Phi) is 8.19. The Hall–Kier alpha value is -0.636. The van der Waals surface area contributed by atoms with E-state index in [1.807, 2.05) is 0 Å². The number of carbonyl (C=O) groups is 1. The normalized spacial score (nSPS) is 40.8. The second kappa shape index (κ2) is 11.1. The van der Waals surface area contributed by atoms with Gasteiger partial charge in [-0.25, -0.2) is 4.79 Å². The van der Waals surface area contributed by atoms with Crippen LogP contribution in [0.15, 0.2) is 11.3 Å². The fourth-order valence-electron chi connectivity index (χ4n) is 9.11. The van der Waals surface area contributed by atoms with E-state index in [0.717, 1.165) is 37.4 Å². The van der Waals surface area contributed by atoms with Gasteiger partial charge in [0.15, 0.2) is 16.6 Å². The van der Waals surface area contributed by atoms with Gasteiger partial charge in [-0.2, -0.15) is 0 Å². The molecule has 2 saturated carbocycles. The molecule has 4 aliphatic rings. The number of methoxy groups -OCH3 is 1. The highest BCUT2D eigenvalue weighted by atomic mass is 28.4. The molecule has 8 atom stereocenters. The fourth-order valence-corrected chi connectivity index (χ4v) is 13.4. The van der Waals surface area contributed by atoms with Gasteiger partial charge in [0.2, 0.25) is 0 Å². The Morgan fingerprint density at radius 3 is 2.20 bits per heavy atom.